The molecule has 0 spiro atoms. The van der Waals surface area contributed by atoms with Gasteiger partial charge in [-0.15, -0.1) is 0 Å². The molecule has 0 bridgehead atoms. The van der Waals surface area contributed by atoms with E-state index in [0.717, 1.165) is 28.2 Å². The zero-order chi connectivity index (χ0) is 18.3. The first-order valence-electron chi connectivity index (χ1n) is 8.66. The molecule has 3 aromatic rings. The van der Waals surface area contributed by atoms with E-state index in [1.54, 1.807) is 6.20 Å². The Hall–Kier alpha value is -2.15. The summed E-state index contributed by atoms with van der Waals surface area (Å²) in [6.07, 6.45) is 1.64. The Balaban J connectivity index is 1.74. The van der Waals surface area contributed by atoms with Crippen molar-refractivity contribution in [3.63, 3.8) is 0 Å². The first kappa shape index (κ1) is 17.3. The molecule has 3 heterocycles. The van der Waals surface area contributed by atoms with E-state index < -0.39 is 0 Å². The molecule has 0 radical (unpaired) electrons. The average Bonchev–Trinajstić information content (AvgIpc) is 3.23. The Morgan fingerprint density at radius 2 is 1.85 bits per heavy atom. The second kappa shape index (κ2) is 6.87. The number of aliphatic hydroxyl groups excluding tert-OH is 2. The summed E-state index contributed by atoms with van der Waals surface area (Å²) in [6, 6.07) is 9.90. The Labute approximate surface area is 156 Å². The lowest BCUT2D eigenvalue weighted by molar-refractivity contribution is 0.152. The smallest absolute Gasteiger partial charge is 0.142 e. The number of pyridine rings is 1. The van der Waals surface area contributed by atoms with Gasteiger partial charge in [0.1, 0.15) is 11.6 Å². The molecule has 1 aliphatic heterocycles. The molecular formula is C19H21ClN4O2. The van der Waals surface area contributed by atoms with Gasteiger partial charge in [0.05, 0.1) is 16.1 Å². The lowest BCUT2D eigenvalue weighted by Crippen LogP contribution is -2.21. The van der Waals surface area contributed by atoms with Gasteiger partial charge in [0.25, 0.3) is 0 Å². The Bertz CT molecular complexity index is 930. The topological polar surface area (TPSA) is 74.4 Å². The van der Waals surface area contributed by atoms with Gasteiger partial charge in [-0.05, 0) is 18.2 Å². The number of halogens is 1. The fraction of sp³-hybridized carbons (Fsp3) is 0.368. The van der Waals surface area contributed by atoms with Gasteiger partial charge >= 0.3 is 0 Å². The van der Waals surface area contributed by atoms with E-state index in [9.17, 15) is 10.2 Å². The van der Waals surface area contributed by atoms with Gasteiger partial charge in [-0.2, -0.15) is 0 Å². The highest BCUT2D eigenvalue weighted by atomic mass is 35.5. The van der Waals surface area contributed by atoms with Crippen molar-refractivity contribution in [3.8, 4) is 11.4 Å². The third kappa shape index (κ3) is 2.84. The lowest BCUT2D eigenvalue weighted by Gasteiger charge is -2.18. The fourth-order valence-electron chi connectivity index (χ4n) is 3.70. The largest absolute Gasteiger partial charge is 0.396 e. The van der Waals surface area contributed by atoms with E-state index in [1.165, 1.54) is 0 Å². The molecule has 2 N–H and O–H groups in total. The number of rotatable bonds is 4. The maximum absolute atomic E-state index is 9.53. The Kier molecular flexibility index (Phi) is 4.56. The molecule has 2 aromatic heterocycles. The third-order valence-corrected chi connectivity index (χ3v) is 5.54. The van der Waals surface area contributed by atoms with Crippen LogP contribution in [-0.4, -0.2) is 51.1 Å². The predicted molar refractivity (Wildman–Crippen MR) is 102 cm³/mol. The minimum atomic E-state index is 0.0525. The monoisotopic (exact) mass is 372 g/mol. The van der Waals surface area contributed by atoms with E-state index in [2.05, 4.69) is 9.88 Å². The molecule has 1 fully saturated rings. The van der Waals surface area contributed by atoms with E-state index in [1.807, 2.05) is 41.9 Å². The minimum Gasteiger partial charge on any atom is -0.396 e. The van der Waals surface area contributed by atoms with Crippen molar-refractivity contribution in [1.29, 1.82) is 0 Å². The summed E-state index contributed by atoms with van der Waals surface area (Å²) in [4.78, 5) is 11.3. The quantitative estimate of drug-likeness (QED) is 0.735. The molecule has 4 rings (SSSR count). The van der Waals surface area contributed by atoms with Crippen molar-refractivity contribution in [3.05, 3.63) is 41.6 Å². The Morgan fingerprint density at radius 1 is 1.15 bits per heavy atom. The van der Waals surface area contributed by atoms with Crippen LogP contribution in [0.15, 0.2) is 36.5 Å². The number of hydrogen-bond acceptors (Lipinski definition) is 5. The molecule has 6 nitrogen and oxygen atoms in total. The van der Waals surface area contributed by atoms with Gasteiger partial charge in [-0.25, -0.2) is 9.97 Å². The molecule has 7 heteroatoms. The maximum Gasteiger partial charge on any atom is 0.142 e. The first-order chi connectivity index (χ1) is 12.6. The number of anilines is 1. The third-order valence-electron chi connectivity index (χ3n) is 5.24. The van der Waals surface area contributed by atoms with Crippen molar-refractivity contribution in [2.75, 3.05) is 31.2 Å². The number of nitrogens with zero attached hydrogens (tertiary/aromatic N) is 4. The number of fused-ring (bicyclic) bond motifs is 1. The van der Waals surface area contributed by atoms with Crippen LogP contribution < -0.4 is 4.90 Å². The highest BCUT2D eigenvalue weighted by Gasteiger charge is 2.32. The SMILES string of the molecule is Cn1c(-c2cc(N3C[C@@H](CO)[C@@H](CO)C3)ncc2Cl)nc2ccccc21. The van der Waals surface area contributed by atoms with Crippen LogP contribution in [0, 0.1) is 11.8 Å². The highest BCUT2D eigenvalue weighted by molar-refractivity contribution is 6.33. The van der Waals surface area contributed by atoms with Crippen LogP contribution in [0.1, 0.15) is 0 Å². The number of aliphatic hydroxyl groups is 2. The van der Waals surface area contributed by atoms with E-state index >= 15 is 0 Å². The number of para-hydroxylation sites is 2. The van der Waals surface area contributed by atoms with Crippen molar-refractivity contribution in [1.82, 2.24) is 14.5 Å². The number of imidazole rings is 1. The molecular weight excluding hydrogens is 352 g/mol. The summed E-state index contributed by atoms with van der Waals surface area (Å²) < 4.78 is 2.03. The molecule has 0 saturated carbocycles. The zero-order valence-corrected chi connectivity index (χ0v) is 15.3. The van der Waals surface area contributed by atoms with Crippen LogP contribution in [0.3, 0.4) is 0 Å². The second-order valence-corrected chi connectivity index (χ2v) is 7.20. The zero-order valence-electron chi connectivity index (χ0n) is 14.5. The highest BCUT2D eigenvalue weighted by Crippen LogP contribution is 2.34. The van der Waals surface area contributed by atoms with Gasteiger partial charge < -0.3 is 19.7 Å². The Morgan fingerprint density at radius 3 is 2.50 bits per heavy atom. The number of benzene rings is 1. The van der Waals surface area contributed by atoms with E-state index in [0.29, 0.717) is 18.1 Å². The normalized spacial score (nSPS) is 20.2. The number of aromatic nitrogens is 3. The summed E-state index contributed by atoms with van der Waals surface area (Å²) in [5.41, 5.74) is 2.78. The van der Waals surface area contributed by atoms with Crippen LogP contribution in [0.5, 0.6) is 0 Å². The van der Waals surface area contributed by atoms with E-state index in [4.69, 9.17) is 16.6 Å². The lowest BCUT2D eigenvalue weighted by atomic mass is 9.98. The molecule has 1 aliphatic rings. The van der Waals surface area contributed by atoms with Gasteiger partial charge in [0, 0.05) is 56.9 Å². The standard InChI is InChI=1S/C19H21ClN4O2/c1-23-17-5-3-2-4-16(17)22-19(23)14-6-18(21-7-15(14)20)24-8-12(10-25)13(9-24)11-26/h2-7,12-13,25-26H,8-11H2,1H3/t12-,13+. The van der Waals surface area contributed by atoms with Crippen LogP contribution in [0.25, 0.3) is 22.4 Å². The van der Waals surface area contributed by atoms with Gasteiger partial charge in [0.15, 0.2) is 0 Å². The summed E-state index contributed by atoms with van der Waals surface area (Å²) in [6.45, 7) is 1.45. The first-order valence-corrected chi connectivity index (χ1v) is 9.04. The minimum absolute atomic E-state index is 0.0525. The van der Waals surface area contributed by atoms with E-state index in [-0.39, 0.29) is 25.0 Å². The van der Waals surface area contributed by atoms with Crippen molar-refractivity contribution >= 4 is 28.5 Å². The molecule has 2 atom stereocenters. The summed E-state index contributed by atoms with van der Waals surface area (Å²) in [5, 5.41) is 19.6. The molecule has 1 aromatic carbocycles. The van der Waals surface area contributed by atoms with Crippen LogP contribution in [0.2, 0.25) is 5.02 Å². The van der Waals surface area contributed by atoms with Gasteiger partial charge in [0.2, 0.25) is 0 Å². The second-order valence-electron chi connectivity index (χ2n) is 6.80. The number of hydrogen-bond donors (Lipinski definition) is 2. The summed E-state index contributed by atoms with van der Waals surface area (Å²) in [7, 11) is 1.97. The maximum atomic E-state index is 9.53. The molecule has 0 unspecified atom stereocenters. The number of aryl methyl sites for hydroxylation is 1. The van der Waals surface area contributed by atoms with Gasteiger partial charge in [-0.3, -0.25) is 0 Å². The average molecular weight is 373 g/mol. The van der Waals surface area contributed by atoms with Gasteiger partial charge in [-0.1, -0.05) is 23.7 Å². The molecule has 0 amide bonds. The van der Waals surface area contributed by atoms with Crippen molar-refractivity contribution in [2.24, 2.45) is 18.9 Å². The van der Waals surface area contributed by atoms with Crippen LogP contribution in [0.4, 0.5) is 5.82 Å². The summed E-state index contributed by atoms with van der Waals surface area (Å²) >= 11 is 6.43. The predicted octanol–water partition coefficient (Wildman–Crippen LogP) is 2.33. The van der Waals surface area contributed by atoms with Crippen molar-refractivity contribution in [2.45, 2.75) is 0 Å². The summed E-state index contributed by atoms with van der Waals surface area (Å²) in [5.74, 6) is 1.68. The molecule has 1 saturated heterocycles. The van der Waals surface area contributed by atoms with Crippen LogP contribution in [-0.2, 0) is 7.05 Å². The molecule has 136 valence electrons. The van der Waals surface area contributed by atoms with Crippen LogP contribution >= 0.6 is 11.6 Å². The van der Waals surface area contributed by atoms with Crippen molar-refractivity contribution < 1.29 is 10.2 Å². The fourth-order valence-corrected chi connectivity index (χ4v) is 3.89. The molecule has 26 heavy (non-hydrogen) atoms. The molecule has 0 aliphatic carbocycles.